The summed E-state index contributed by atoms with van der Waals surface area (Å²) in [5.41, 5.74) is 4.65. The van der Waals surface area contributed by atoms with Crippen LogP contribution in [0.2, 0.25) is 0 Å². The van der Waals surface area contributed by atoms with E-state index in [-0.39, 0.29) is 0 Å². The van der Waals surface area contributed by atoms with Crippen molar-refractivity contribution in [3.05, 3.63) is 21.4 Å². The Balaban J connectivity index is 2.14. The highest BCUT2D eigenvalue weighted by Crippen LogP contribution is 2.36. The van der Waals surface area contributed by atoms with E-state index in [1.165, 1.54) is 43.4 Å². The normalized spacial score (nSPS) is 19.0. The second-order valence-electron chi connectivity index (χ2n) is 6.41. The summed E-state index contributed by atoms with van der Waals surface area (Å²) in [6, 6.07) is 2.74. The summed E-state index contributed by atoms with van der Waals surface area (Å²) in [4.78, 5) is 3.06. The first-order valence-electron chi connectivity index (χ1n) is 7.69. The van der Waals surface area contributed by atoms with Crippen LogP contribution in [0.4, 0.5) is 0 Å². The summed E-state index contributed by atoms with van der Waals surface area (Å²) in [6.45, 7) is 6.89. The number of thiophene rings is 1. The van der Waals surface area contributed by atoms with Gasteiger partial charge >= 0.3 is 0 Å². The maximum atomic E-state index is 5.83. The number of nitrogens with one attached hydrogen (secondary N) is 1. The fourth-order valence-corrected chi connectivity index (χ4v) is 4.70. The average Bonchev–Trinajstić information content (AvgIpc) is 2.60. The van der Waals surface area contributed by atoms with Crippen molar-refractivity contribution in [1.82, 2.24) is 5.43 Å². The standard InChI is InChI=1S/C16H28N2S/c1-11(2)9-12(3)16(18-17)15-10-13-7-5-4-6-8-14(13)19-15/h10-12,16,18H,4-9,17H2,1-3H3. The van der Waals surface area contributed by atoms with Crippen LogP contribution in [-0.4, -0.2) is 0 Å². The van der Waals surface area contributed by atoms with Crippen LogP contribution in [0.25, 0.3) is 0 Å². The van der Waals surface area contributed by atoms with Crippen LogP contribution in [0.1, 0.15) is 67.8 Å². The van der Waals surface area contributed by atoms with Gasteiger partial charge in [-0.15, -0.1) is 11.3 Å². The fraction of sp³-hybridized carbons (Fsp3) is 0.750. The van der Waals surface area contributed by atoms with Crippen LogP contribution in [0.3, 0.4) is 0 Å². The van der Waals surface area contributed by atoms with Gasteiger partial charge in [-0.1, -0.05) is 27.2 Å². The van der Waals surface area contributed by atoms with Gasteiger partial charge in [-0.25, -0.2) is 0 Å². The minimum Gasteiger partial charge on any atom is -0.271 e. The van der Waals surface area contributed by atoms with Crippen molar-refractivity contribution >= 4 is 11.3 Å². The third-order valence-corrected chi connectivity index (χ3v) is 5.48. The van der Waals surface area contributed by atoms with Gasteiger partial charge in [0.1, 0.15) is 0 Å². The second kappa shape index (κ2) is 6.87. The van der Waals surface area contributed by atoms with Crippen molar-refractivity contribution in [3.8, 4) is 0 Å². The lowest BCUT2D eigenvalue weighted by Gasteiger charge is -2.23. The molecule has 1 aliphatic carbocycles. The molecule has 0 spiro atoms. The molecule has 3 heteroatoms. The maximum Gasteiger partial charge on any atom is 0.0579 e. The summed E-state index contributed by atoms with van der Waals surface area (Å²) in [5.74, 6) is 7.14. The average molecular weight is 280 g/mol. The Morgan fingerprint density at radius 3 is 2.63 bits per heavy atom. The molecule has 1 aromatic heterocycles. The lowest BCUT2D eigenvalue weighted by atomic mass is 9.91. The zero-order chi connectivity index (χ0) is 13.8. The predicted octanol–water partition coefficient (Wildman–Crippen LogP) is 4.20. The van der Waals surface area contributed by atoms with Crippen molar-refractivity contribution in [2.24, 2.45) is 17.7 Å². The molecule has 0 radical (unpaired) electrons. The van der Waals surface area contributed by atoms with Gasteiger partial charge in [-0.2, -0.15) is 0 Å². The van der Waals surface area contributed by atoms with Crippen LogP contribution >= 0.6 is 11.3 Å². The maximum absolute atomic E-state index is 5.83. The van der Waals surface area contributed by atoms with Gasteiger partial charge in [0.15, 0.2) is 0 Å². The lowest BCUT2D eigenvalue weighted by Crippen LogP contribution is -2.32. The Hall–Kier alpha value is -0.380. The summed E-state index contributed by atoms with van der Waals surface area (Å²) in [6.07, 6.45) is 7.86. The van der Waals surface area contributed by atoms with E-state index in [4.69, 9.17) is 5.84 Å². The third kappa shape index (κ3) is 3.80. The number of hydrogen-bond acceptors (Lipinski definition) is 3. The summed E-state index contributed by atoms with van der Waals surface area (Å²) in [5, 5.41) is 0. The van der Waals surface area contributed by atoms with E-state index in [1.54, 1.807) is 10.4 Å². The molecule has 0 bridgehead atoms. The smallest absolute Gasteiger partial charge is 0.0579 e. The summed E-state index contributed by atoms with van der Waals surface area (Å²) >= 11 is 1.99. The number of nitrogens with two attached hydrogens (primary N) is 1. The molecule has 2 atom stereocenters. The van der Waals surface area contributed by atoms with Crippen LogP contribution < -0.4 is 11.3 Å². The number of rotatable bonds is 5. The molecule has 1 aromatic rings. The molecule has 0 saturated carbocycles. The monoisotopic (exact) mass is 280 g/mol. The lowest BCUT2D eigenvalue weighted by molar-refractivity contribution is 0.335. The fourth-order valence-electron chi connectivity index (χ4n) is 3.25. The topological polar surface area (TPSA) is 38.0 Å². The van der Waals surface area contributed by atoms with E-state index in [1.807, 2.05) is 11.3 Å². The van der Waals surface area contributed by atoms with Crippen LogP contribution in [0.15, 0.2) is 6.07 Å². The molecule has 0 fully saturated rings. The number of hydrazine groups is 1. The first-order chi connectivity index (χ1) is 9.11. The van der Waals surface area contributed by atoms with Gasteiger partial charge in [0.2, 0.25) is 0 Å². The first kappa shape index (κ1) is 15.0. The van der Waals surface area contributed by atoms with Crippen molar-refractivity contribution in [3.63, 3.8) is 0 Å². The highest BCUT2D eigenvalue weighted by Gasteiger charge is 2.23. The number of hydrogen-bond donors (Lipinski definition) is 2. The quantitative estimate of drug-likeness (QED) is 0.482. The number of aryl methyl sites for hydroxylation is 2. The molecule has 0 saturated heterocycles. The molecule has 3 N–H and O–H groups in total. The summed E-state index contributed by atoms with van der Waals surface area (Å²) in [7, 11) is 0. The predicted molar refractivity (Wildman–Crippen MR) is 84.3 cm³/mol. The van der Waals surface area contributed by atoms with Crippen molar-refractivity contribution in [2.45, 2.75) is 65.3 Å². The molecule has 0 amide bonds. The van der Waals surface area contributed by atoms with Crippen molar-refractivity contribution < 1.29 is 0 Å². The highest BCUT2D eigenvalue weighted by atomic mass is 32.1. The molecule has 0 aliphatic heterocycles. The van der Waals surface area contributed by atoms with Crippen LogP contribution in [0.5, 0.6) is 0 Å². The molecule has 2 nitrogen and oxygen atoms in total. The van der Waals surface area contributed by atoms with E-state index in [2.05, 4.69) is 32.3 Å². The Kier molecular flexibility index (Phi) is 5.43. The molecule has 0 aromatic carbocycles. The summed E-state index contributed by atoms with van der Waals surface area (Å²) < 4.78 is 0. The molecule has 2 unspecified atom stereocenters. The van der Waals surface area contributed by atoms with Crippen LogP contribution in [0, 0.1) is 11.8 Å². The molecular formula is C16H28N2S. The molecule has 1 aliphatic rings. The minimum absolute atomic E-state index is 0.319. The van der Waals surface area contributed by atoms with Gasteiger partial charge in [0.05, 0.1) is 6.04 Å². The Morgan fingerprint density at radius 1 is 1.21 bits per heavy atom. The second-order valence-corrected chi connectivity index (χ2v) is 7.58. The first-order valence-corrected chi connectivity index (χ1v) is 8.51. The zero-order valence-electron chi connectivity index (χ0n) is 12.5. The molecule has 19 heavy (non-hydrogen) atoms. The minimum atomic E-state index is 0.319. The Bertz CT molecular complexity index is 374. The van der Waals surface area contributed by atoms with Gasteiger partial charge in [0, 0.05) is 9.75 Å². The third-order valence-electron chi connectivity index (χ3n) is 4.16. The Labute approximate surface area is 121 Å². The van der Waals surface area contributed by atoms with Gasteiger partial charge in [0.25, 0.3) is 0 Å². The van der Waals surface area contributed by atoms with E-state index >= 15 is 0 Å². The van der Waals surface area contributed by atoms with Crippen molar-refractivity contribution in [1.29, 1.82) is 0 Å². The zero-order valence-corrected chi connectivity index (χ0v) is 13.4. The molecule has 1 heterocycles. The van der Waals surface area contributed by atoms with Crippen molar-refractivity contribution in [2.75, 3.05) is 0 Å². The van der Waals surface area contributed by atoms with Crippen LogP contribution in [-0.2, 0) is 12.8 Å². The van der Waals surface area contributed by atoms with Gasteiger partial charge in [-0.3, -0.25) is 11.3 Å². The largest absolute Gasteiger partial charge is 0.271 e. The molecule has 2 rings (SSSR count). The Morgan fingerprint density at radius 2 is 1.95 bits per heavy atom. The van der Waals surface area contributed by atoms with E-state index in [0.29, 0.717) is 12.0 Å². The van der Waals surface area contributed by atoms with E-state index in [0.717, 1.165) is 5.92 Å². The van der Waals surface area contributed by atoms with E-state index in [9.17, 15) is 0 Å². The van der Waals surface area contributed by atoms with Gasteiger partial charge < -0.3 is 0 Å². The SMILES string of the molecule is CC(C)CC(C)C(NN)c1cc2c(s1)CCCCC2. The molecular weight excluding hydrogens is 252 g/mol. The van der Waals surface area contributed by atoms with Gasteiger partial charge in [-0.05, 0) is 55.6 Å². The highest BCUT2D eigenvalue weighted by molar-refractivity contribution is 7.12. The van der Waals surface area contributed by atoms with E-state index < -0.39 is 0 Å². The number of fused-ring (bicyclic) bond motifs is 1. The molecule has 108 valence electrons.